The Labute approximate surface area is 165 Å². The van der Waals surface area contributed by atoms with Gasteiger partial charge < -0.3 is 16.2 Å². The minimum atomic E-state index is -3.95. The van der Waals surface area contributed by atoms with Gasteiger partial charge in [0.25, 0.3) is 0 Å². The van der Waals surface area contributed by atoms with E-state index in [9.17, 15) is 13.2 Å². The van der Waals surface area contributed by atoms with Crippen LogP contribution in [0.1, 0.15) is 35.1 Å². The van der Waals surface area contributed by atoms with Crippen LogP contribution in [0.5, 0.6) is 5.75 Å². The summed E-state index contributed by atoms with van der Waals surface area (Å²) >= 11 is 5.47. The highest BCUT2D eigenvalue weighted by Crippen LogP contribution is 2.34. The van der Waals surface area contributed by atoms with Crippen molar-refractivity contribution < 1.29 is 17.9 Å². The second-order valence-corrected chi connectivity index (χ2v) is 8.04. The molecule has 8 nitrogen and oxygen atoms in total. The van der Waals surface area contributed by atoms with E-state index in [0.717, 1.165) is 0 Å². The van der Waals surface area contributed by atoms with Crippen LogP contribution in [-0.4, -0.2) is 45.6 Å². The molecule has 10 heteroatoms. The molecule has 0 bridgehead atoms. The van der Waals surface area contributed by atoms with Crippen molar-refractivity contribution in [2.75, 3.05) is 19.5 Å². The maximum absolute atomic E-state index is 12.0. The molecule has 0 heterocycles. The first kappa shape index (κ1) is 23.4. The van der Waals surface area contributed by atoms with Gasteiger partial charge in [-0.3, -0.25) is 9.79 Å². The number of nitrogens with two attached hydrogens (primary N) is 3. The Balaban J connectivity index is 3.24. The van der Waals surface area contributed by atoms with E-state index in [1.807, 2.05) is 0 Å². The number of carbonyl (C=O) groups is 1. The SMILES string of the molecule is COc1c(C)c(C)c(S(N)(=O)=O)c(C)c1C(N)=NCCCC(N)C(=O)CCl. The average Bonchev–Trinajstić information content (AvgIpc) is 2.59. The van der Waals surface area contributed by atoms with Crippen LogP contribution in [-0.2, 0) is 14.8 Å². The number of nitrogens with zero attached hydrogens (tertiary/aromatic N) is 1. The number of sulfonamides is 1. The zero-order valence-corrected chi connectivity index (χ0v) is 17.6. The molecule has 0 amide bonds. The first-order chi connectivity index (χ1) is 12.5. The van der Waals surface area contributed by atoms with Gasteiger partial charge in [0, 0.05) is 6.54 Å². The third-order valence-electron chi connectivity index (χ3n) is 4.43. The first-order valence-electron chi connectivity index (χ1n) is 8.32. The van der Waals surface area contributed by atoms with Crippen molar-refractivity contribution in [1.29, 1.82) is 0 Å². The molecule has 0 aliphatic rings. The van der Waals surface area contributed by atoms with Crippen LogP contribution in [0.15, 0.2) is 9.89 Å². The largest absolute Gasteiger partial charge is 0.496 e. The highest BCUT2D eigenvalue weighted by molar-refractivity contribution is 7.89. The summed E-state index contributed by atoms with van der Waals surface area (Å²) in [7, 11) is -2.47. The zero-order valence-electron chi connectivity index (χ0n) is 16.0. The number of ketones is 1. The molecule has 0 aliphatic carbocycles. The maximum atomic E-state index is 12.0. The Kier molecular flexibility index (Phi) is 8.22. The Bertz CT molecular complexity index is 853. The summed E-state index contributed by atoms with van der Waals surface area (Å²) in [5.74, 6) is 0.238. The van der Waals surface area contributed by atoms with Crippen molar-refractivity contribution in [1.82, 2.24) is 0 Å². The van der Waals surface area contributed by atoms with Gasteiger partial charge in [-0.1, -0.05) is 0 Å². The van der Waals surface area contributed by atoms with E-state index in [1.54, 1.807) is 20.8 Å². The van der Waals surface area contributed by atoms with E-state index in [0.29, 0.717) is 47.4 Å². The van der Waals surface area contributed by atoms with Crippen LogP contribution in [0, 0.1) is 20.8 Å². The maximum Gasteiger partial charge on any atom is 0.238 e. The van der Waals surface area contributed by atoms with Crippen molar-refractivity contribution >= 4 is 33.2 Å². The number of halogens is 1. The third-order valence-corrected chi connectivity index (χ3v) is 5.88. The number of carbonyl (C=O) groups excluding carboxylic acids is 1. The minimum absolute atomic E-state index is 0.0173. The highest BCUT2D eigenvalue weighted by atomic mass is 35.5. The topological polar surface area (TPSA) is 151 Å². The molecule has 1 aromatic carbocycles. The van der Waals surface area contributed by atoms with Gasteiger partial charge in [0.05, 0.1) is 29.5 Å². The molecule has 152 valence electrons. The number of primary sulfonamides is 1. The molecule has 0 saturated heterocycles. The predicted molar refractivity (Wildman–Crippen MR) is 107 cm³/mol. The lowest BCUT2D eigenvalue weighted by molar-refractivity contribution is -0.118. The summed E-state index contributed by atoms with van der Waals surface area (Å²) in [6, 6.07) is -0.634. The number of amidine groups is 1. The van der Waals surface area contributed by atoms with Crippen molar-refractivity contribution in [3.8, 4) is 5.75 Å². The fraction of sp³-hybridized carbons (Fsp3) is 0.529. The summed E-state index contributed by atoms with van der Waals surface area (Å²) in [6.45, 7) is 5.32. The Morgan fingerprint density at radius 1 is 1.22 bits per heavy atom. The number of hydrogen-bond acceptors (Lipinski definition) is 6. The number of benzene rings is 1. The van der Waals surface area contributed by atoms with Gasteiger partial charge in [-0.2, -0.15) is 0 Å². The van der Waals surface area contributed by atoms with Gasteiger partial charge in [-0.25, -0.2) is 13.6 Å². The lowest BCUT2D eigenvalue weighted by atomic mass is 9.98. The Morgan fingerprint density at radius 3 is 2.30 bits per heavy atom. The highest BCUT2D eigenvalue weighted by Gasteiger charge is 2.25. The van der Waals surface area contributed by atoms with E-state index >= 15 is 0 Å². The molecular formula is C17H27ClN4O4S. The van der Waals surface area contributed by atoms with E-state index < -0.39 is 16.1 Å². The first-order valence-corrected chi connectivity index (χ1v) is 10.4. The summed E-state index contributed by atoms with van der Waals surface area (Å²) < 4.78 is 29.5. The molecule has 1 rings (SSSR count). The smallest absolute Gasteiger partial charge is 0.238 e. The molecular weight excluding hydrogens is 392 g/mol. The Morgan fingerprint density at radius 2 is 1.81 bits per heavy atom. The predicted octanol–water partition coefficient (Wildman–Crippen LogP) is 0.889. The zero-order chi connectivity index (χ0) is 20.9. The van der Waals surface area contributed by atoms with Crippen LogP contribution < -0.4 is 21.3 Å². The monoisotopic (exact) mass is 418 g/mol. The van der Waals surface area contributed by atoms with E-state index in [1.165, 1.54) is 7.11 Å². The van der Waals surface area contributed by atoms with Gasteiger partial charge in [0.2, 0.25) is 10.0 Å². The molecule has 0 radical (unpaired) electrons. The number of rotatable bonds is 9. The third kappa shape index (κ3) is 5.41. The second kappa shape index (κ2) is 9.50. The van der Waals surface area contributed by atoms with E-state index in [-0.39, 0.29) is 22.4 Å². The van der Waals surface area contributed by atoms with Crippen LogP contribution in [0.25, 0.3) is 0 Å². The molecule has 0 saturated carbocycles. The second-order valence-electron chi connectivity index (χ2n) is 6.27. The number of hydrogen-bond donors (Lipinski definition) is 3. The lowest BCUT2D eigenvalue weighted by Crippen LogP contribution is -2.31. The van der Waals surface area contributed by atoms with E-state index in [4.69, 9.17) is 32.9 Å². The fourth-order valence-corrected chi connectivity index (χ4v) is 4.24. The van der Waals surface area contributed by atoms with Crippen LogP contribution >= 0.6 is 11.6 Å². The van der Waals surface area contributed by atoms with Crippen LogP contribution in [0.4, 0.5) is 0 Å². The van der Waals surface area contributed by atoms with Gasteiger partial charge in [-0.05, 0) is 50.3 Å². The van der Waals surface area contributed by atoms with Crippen LogP contribution in [0.2, 0.25) is 0 Å². The summed E-state index contributed by atoms with van der Waals surface area (Å²) in [5.41, 5.74) is 13.7. The molecule has 0 aromatic heterocycles. The summed E-state index contributed by atoms with van der Waals surface area (Å²) in [5, 5.41) is 5.38. The molecule has 0 spiro atoms. The van der Waals surface area contributed by atoms with Gasteiger partial charge in [0.1, 0.15) is 11.6 Å². The number of Topliss-reactive ketones (excluding diaryl/α,β-unsaturated/α-hetero) is 1. The fourth-order valence-electron chi connectivity index (χ4n) is 2.93. The van der Waals surface area contributed by atoms with Crippen molar-refractivity contribution in [2.24, 2.45) is 21.6 Å². The molecule has 1 aromatic rings. The van der Waals surface area contributed by atoms with Crippen molar-refractivity contribution in [3.05, 3.63) is 22.3 Å². The molecule has 6 N–H and O–H groups in total. The van der Waals surface area contributed by atoms with Gasteiger partial charge >= 0.3 is 0 Å². The lowest BCUT2D eigenvalue weighted by Gasteiger charge is -2.20. The van der Waals surface area contributed by atoms with E-state index in [2.05, 4.69) is 4.99 Å². The summed E-state index contributed by atoms with van der Waals surface area (Å²) in [4.78, 5) is 15.7. The number of alkyl halides is 1. The minimum Gasteiger partial charge on any atom is -0.496 e. The van der Waals surface area contributed by atoms with Gasteiger partial charge in [-0.15, -0.1) is 11.6 Å². The molecule has 0 aliphatic heterocycles. The van der Waals surface area contributed by atoms with Crippen molar-refractivity contribution in [2.45, 2.75) is 44.6 Å². The molecule has 0 fully saturated rings. The number of ether oxygens (including phenoxy) is 1. The van der Waals surface area contributed by atoms with Crippen LogP contribution in [0.3, 0.4) is 0 Å². The number of methoxy groups -OCH3 is 1. The standard InChI is InChI=1S/C17H27ClN4O4S/c1-9-10(2)16(27(21,24)25)11(3)14(15(9)26-4)17(20)22-7-5-6-12(19)13(23)8-18/h12H,5-8,19H2,1-4H3,(H2,20,22)(H2,21,24,25). The van der Waals surface area contributed by atoms with Crippen molar-refractivity contribution in [3.63, 3.8) is 0 Å². The number of aliphatic imine (C=N–C) groups is 1. The Hall–Kier alpha value is -1.68. The molecule has 1 atom stereocenters. The molecule has 1 unspecified atom stereocenters. The van der Waals surface area contributed by atoms with Gasteiger partial charge in [0.15, 0.2) is 5.78 Å². The summed E-state index contributed by atoms with van der Waals surface area (Å²) in [6.07, 6.45) is 0.951. The normalized spacial score (nSPS) is 13.5. The average molecular weight is 419 g/mol. The quantitative estimate of drug-likeness (QED) is 0.234. The molecule has 27 heavy (non-hydrogen) atoms.